The Kier molecular flexibility index (Phi) is 3.77. The van der Waals surface area contributed by atoms with Crippen LogP contribution in [0, 0.1) is 40.4 Å². The van der Waals surface area contributed by atoms with Gasteiger partial charge in [0, 0.05) is 0 Å². The number of halogens is 5. The van der Waals surface area contributed by atoms with E-state index < -0.39 is 34.6 Å². The van der Waals surface area contributed by atoms with Crippen LogP contribution in [-0.4, -0.2) is 9.97 Å². The molecule has 3 nitrogen and oxygen atoms in total. The third kappa shape index (κ3) is 2.40. The number of fused-ring (bicyclic) bond motifs is 1. The van der Waals surface area contributed by atoms with Crippen molar-refractivity contribution in [3.63, 3.8) is 0 Å². The number of imidazole rings is 1. The van der Waals surface area contributed by atoms with Crippen LogP contribution < -0.4 is 0 Å². The van der Waals surface area contributed by atoms with E-state index in [0.29, 0.717) is 17.1 Å². The topological polar surface area (TPSA) is 52.5 Å². The van der Waals surface area contributed by atoms with E-state index in [0.717, 1.165) is 0 Å². The van der Waals surface area contributed by atoms with Crippen molar-refractivity contribution in [2.75, 3.05) is 0 Å². The van der Waals surface area contributed by atoms with Crippen LogP contribution in [0.2, 0.25) is 0 Å². The van der Waals surface area contributed by atoms with Crippen molar-refractivity contribution >= 4 is 22.7 Å². The Balaban J connectivity index is 2.21. The van der Waals surface area contributed by atoms with E-state index in [1.54, 1.807) is 30.3 Å². The van der Waals surface area contributed by atoms with E-state index in [9.17, 15) is 22.0 Å². The van der Waals surface area contributed by atoms with Crippen molar-refractivity contribution < 1.29 is 22.0 Å². The highest BCUT2D eigenvalue weighted by atomic mass is 19.2. The summed E-state index contributed by atoms with van der Waals surface area (Å²) < 4.78 is 66.9. The number of rotatable bonds is 2. The molecule has 1 heterocycles. The van der Waals surface area contributed by atoms with Crippen LogP contribution in [0.5, 0.6) is 0 Å². The van der Waals surface area contributed by atoms with Gasteiger partial charge < -0.3 is 4.98 Å². The van der Waals surface area contributed by atoms with Crippen LogP contribution in [0.25, 0.3) is 22.7 Å². The van der Waals surface area contributed by atoms with Gasteiger partial charge in [-0.1, -0.05) is 12.1 Å². The lowest BCUT2D eigenvalue weighted by Crippen LogP contribution is -2.04. The summed E-state index contributed by atoms with van der Waals surface area (Å²) >= 11 is 0. The number of aromatic nitrogens is 2. The molecule has 0 saturated carbocycles. The zero-order valence-corrected chi connectivity index (χ0v) is 11.7. The second-order valence-electron chi connectivity index (χ2n) is 4.76. The van der Waals surface area contributed by atoms with Gasteiger partial charge in [-0.25, -0.2) is 26.9 Å². The molecule has 2 aromatic carbocycles. The second-order valence-corrected chi connectivity index (χ2v) is 4.76. The molecular formula is C16H6F5N3. The highest BCUT2D eigenvalue weighted by Crippen LogP contribution is 2.27. The first-order valence-electron chi connectivity index (χ1n) is 6.52. The molecule has 1 aromatic heterocycles. The number of hydrogen-bond acceptors (Lipinski definition) is 2. The minimum absolute atomic E-state index is 0.0531. The number of benzene rings is 2. The normalized spacial score (nSPS) is 11.8. The molecule has 120 valence electrons. The molecule has 0 bridgehead atoms. The number of nitrogens with one attached hydrogen (secondary N) is 1. The summed E-state index contributed by atoms with van der Waals surface area (Å²) in [5.41, 5.74) is -0.560. The summed E-state index contributed by atoms with van der Waals surface area (Å²) in [6, 6.07) is 8.30. The van der Waals surface area contributed by atoms with Crippen LogP contribution in [0.1, 0.15) is 11.4 Å². The van der Waals surface area contributed by atoms with Gasteiger partial charge in [0.2, 0.25) is 5.82 Å². The van der Waals surface area contributed by atoms with Crippen LogP contribution in [0.15, 0.2) is 24.3 Å². The number of nitrogens with zero attached hydrogens (tertiary/aromatic N) is 2. The minimum Gasteiger partial charge on any atom is -0.337 e. The molecule has 0 amide bonds. The number of aromatic amines is 1. The van der Waals surface area contributed by atoms with Gasteiger partial charge in [-0.15, -0.1) is 0 Å². The van der Waals surface area contributed by atoms with E-state index in [1.807, 2.05) is 0 Å². The van der Waals surface area contributed by atoms with Gasteiger partial charge in [0.25, 0.3) is 0 Å². The predicted molar refractivity (Wildman–Crippen MR) is 75.8 cm³/mol. The summed E-state index contributed by atoms with van der Waals surface area (Å²) in [5, 5.41) is 9.16. The van der Waals surface area contributed by atoms with Gasteiger partial charge in [0.15, 0.2) is 23.3 Å². The third-order valence-corrected chi connectivity index (χ3v) is 3.30. The molecular weight excluding hydrogens is 329 g/mol. The molecule has 0 atom stereocenters. The Morgan fingerprint density at radius 3 is 2.12 bits per heavy atom. The number of hydrogen-bond donors (Lipinski definition) is 1. The first-order valence-corrected chi connectivity index (χ1v) is 6.52. The quantitative estimate of drug-likeness (QED) is 0.328. The van der Waals surface area contributed by atoms with Crippen molar-refractivity contribution in [3.8, 4) is 6.07 Å². The Bertz CT molecular complexity index is 968. The van der Waals surface area contributed by atoms with E-state index in [1.165, 1.54) is 0 Å². The lowest BCUT2D eigenvalue weighted by Gasteiger charge is -2.04. The smallest absolute Gasteiger partial charge is 0.200 e. The van der Waals surface area contributed by atoms with Crippen molar-refractivity contribution in [2.24, 2.45) is 0 Å². The number of nitriles is 1. The summed E-state index contributed by atoms with van der Waals surface area (Å²) in [6.45, 7) is 0. The van der Waals surface area contributed by atoms with Gasteiger partial charge in [0.1, 0.15) is 11.9 Å². The maximum Gasteiger partial charge on any atom is 0.200 e. The van der Waals surface area contributed by atoms with Gasteiger partial charge in [-0.2, -0.15) is 5.26 Å². The third-order valence-electron chi connectivity index (χ3n) is 3.30. The average molecular weight is 335 g/mol. The molecule has 0 spiro atoms. The zero-order valence-electron chi connectivity index (χ0n) is 11.7. The number of para-hydroxylation sites is 2. The molecule has 3 aromatic rings. The van der Waals surface area contributed by atoms with E-state index in [-0.39, 0.29) is 11.4 Å². The van der Waals surface area contributed by atoms with Crippen molar-refractivity contribution in [1.82, 2.24) is 9.97 Å². The van der Waals surface area contributed by atoms with Gasteiger partial charge in [-0.05, 0) is 18.2 Å². The first-order chi connectivity index (χ1) is 11.4. The Hall–Kier alpha value is -3.21. The summed E-state index contributed by atoms with van der Waals surface area (Å²) in [5.74, 6) is -10.5. The van der Waals surface area contributed by atoms with Crippen LogP contribution in [0.3, 0.4) is 0 Å². The monoisotopic (exact) mass is 335 g/mol. The second kappa shape index (κ2) is 5.77. The molecule has 24 heavy (non-hydrogen) atoms. The van der Waals surface area contributed by atoms with Crippen molar-refractivity contribution in [1.29, 1.82) is 5.26 Å². The highest BCUT2D eigenvalue weighted by Gasteiger charge is 2.25. The molecule has 1 N–H and O–H groups in total. The van der Waals surface area contributed by atoms with E-state index >= 15 is 0 Å². The van der Waals surface area contributed by atoms with E-state index in [2.05, 4.69) is 9.97 Å². The van der Waals surface area contributed by atoms with Crippen molar-refractivity contribution in [2.45, 2.75) is 0 Å². The lowest BCUT2D eigenvalue weighted by molar-refractivity contribution is 0.377. The first kappa shape index (κ1) is 15.7. The van der Waals surface area contributed by atoms with Gasteiger partial charge in [0.05, 0.1) is 22.2 Å². The lowest BCUT2D eigenvalue weighted by atomic mass is 10.1. The molecule has 0 radical (unpaired) electrons. The molecule has 8 heteroatoms. The largest absolute Gasteiger partial charge is 0.337 e. The highest BCUT2D eigenvalue weighted by molar-refractivity contribution is 5.90. The molecule has 0 aliphatic carbocycles. The Morgan fingerprint density at radius 2 is 1.54 bits per heavy atom. The van der Waals surface area contributed by atoms with Crippen LogP contribution in [0.4, 0.5) is 22.0 Å². The van der Waals surface area contributed by atoms with Crippen LogP contribution in [-0.2, 0) is 0 Å². The predicted octanol–water partition coefficient (Wildman–Crippen LogP) is 4.32. The maximum atomic E-state index is 13.7. The number of H-pyrrole nitrogens is 1. The molecule has 0 fully saturated rings. The van der Waals surface area contributed by atoms with Gasteiger partial charge >= 0.3 is 0 Å². The van der Waals surface area contributed by atoms with E-state index in [4.69, 9.17) is 5.26 Å². The fourth-order valence-electron chi connectivity index (χ4n) is 2.13. The minimum atomic E-state index is -2.26. The molecule has 0 unspecified atom stereocenters. The Morgan fingerprint density at radius 1 is 0.958 bits per heavy atom. The summed E-state index contributed by atoms with van der Waals surface area (Å²) in [7, 11) is 0. The maximum absolute atomic E-state index is 13.7. The number of allylic oxidation sites excluding steroid dienone is 1. The molecule has 0 saturated heterocycles. The average Bonchev–Trinajstić information content (AvgIpc) is 3.02. The SMILES string of the molecule is N#C/C(=C\c1c(F)c(F)c(F)c(F)c1F)c1nc2ccccc2[nH]1. The molecule has 0 aliphatic rings. The Labute approximate surface area is 131 Å². The standard InChI is InChI=1S/C16H6F5N3/c17-11-8(12(18)14(20)15(21)13(11)19)5-7(6-22)16-23-9-3-1-2-4-10(9)24-16/h1-5H,(H,23,24)/b7-5+. The zero-order chi connectivity index (χ0) is 17.4. The fourth-order valence-corrected chi connectivity index (χ4v) is 2.13. The van der Waals surface area contributed by atoms with Crippen molar-refractivity contribution in [3.05, 3.63) is 64.7 Å². The van der Waals surface area contributed by atoms with Gasteiger partial charge in [-0.3, -0.25) is 0 Å². The summed E-state index contributed by atoms with van der Waals surface area (Å²) in [6.07, 6.45) is 0.563. The molecule has 0 aliphatic heterocycles. The summed E-state index contributed by atoms with van der Waals surface area (Å²) in [4.78, 5) is 6.79. The van der Waals surface area contributed by atoms with Crippen LogP contribution >= 0.6 is 0 Å². The molecule has 3 rings (SSSR count). The fraction of sp³-hybridized carbons (Fsp3) is 0.